The zero-order valence-corrected chi connectivity index (χ0v) is 14.9. The highest BCUT2D eigenvalue weighted by molar-refractivity contribution is 5.98. The maximum atomic E-state index is 12.3. The number of esters is 1. The molecule has 0 bridgehead atoms. The largest absolute Gasteiger partial charge is 0.507 e. The SMILES string of the molecule is COc1ccc(C(=O)O[C@H](C)C(=O)Nc2ccc3c(c2)OCCO3)c(O)c1. The van der Waals surface area contributed by atoms with Crippen molar-refractivity contribution in [3.05, 3.63) is 42.0 Å². The van der Waals surface area contributed by atoms with Crippen molar-refractivity contribution < 1.29 is 33.6 Å². The summed E-state index contributed by atoms with van der Waals surface area (Å²) in [5.74, 6) is -0.0965. The van der Waals surface area contributed by atoms with Gasteiger partial charge in [0.15, 0.2) is 17.6 Å². The number of methoxy groups -OCH3 is 1. The molecule has 0 radical (unpaired) electrons. The minimum absolute atomic E-state index is 0.0604. The van der Waals surface area contributed by atoms with Crippen LogP contribution in [-0.2, 0) is 9.53 Å². The molecule has 0 saturated carbocycles. The Balaban J connectivity index is 1.63. The summed E-state index contributed by atoms with van der Waals surface area (Å²) in [6.45, 7) is 2.35. The lowest BCUT2D eigenvalue weighted by Gasteiger charge is -2.19. The number of rotatable bonds is 5. The minimum Gasteiger partial charge on any atom is -0.507 e. The van der Waals surface area contributed by atoms with E-state index in [1.165, 1.54) is 32.2 Å². The third kappa shape index (κ3) is 4.22. The number of phenols is 1. The molecule has 1 atom stereocenters. The van der Waals surface area contributed by atoms with E-state index in [-0.39, 0.29) is 11.3 Å². The Hall–Kier alpha value is -3.42. The predicted octanol–water partition coefficient (Wildman–Crippen LogP) is 2.36. The highest BCUT2D eigenvalue weighted by Crippen LogP contribution is 2.32. The molecule has 2 N–H and O–H groups in total. The van der Waals surface area contributed by atoms with Gasteiger partial charge in [0, 0.05) is 17.8 Å². The molecular formula is C19H19NO7. The number of anilines is 1. The maximum Gasteiger partial charge on any atom is 0.342 e. The fourth-order valence-electron chi connectivity index (χ4n) is 2.45. The second-order valence-corrected chi connectivity index (χ2v) is 5.78. The average Bonchev–Trinajstić information content (AvgIpc) is 2.67. The Bertz CT molecular complexity index is 865. The van der Waals surface area contributed by atoms with E-state index in [0.717, 1.165) is 0 Å². The molecule has 1 amide bonds. The van der Waals surface area contributed by atoms with Crippen molar-refractivity contribution in [2.45, 2.75) is 13.0 Å². The Kier molecular flexibility index (Phi) is 5.35. The van der Waals surface area contributed by atoms with Gasteiger partial charge >= 0.3 is 5.97 Å². The number of ether oxygens (including phenoxy) is 4. The van der Waals surface area contributed by atoms with Gasteiger partial charge in [0.2, 0.25) is 0 Å². The normalized spacial score (nSPS) is 13.4. The molecule has 0 fully saturated rings. The fraction of sp³-hybridized carbons (Fsp3) is 0.263. The van der Waals surface area contributed by atoms with Crippen molar-refractivity contribution in [1.29, 1.82) is 0 Å². The van der Waals surface area contributed by atoms with Crippen LogP contribution in [-0.4, -0.2) is 43.4 Å². The van der Waals surface area contributed by atoms with Crippen molar-refractivity contribution in [1.82, 2.24) is 0 Å². The fourth-order valence-corrected chi connectivity index (χ4v) is 2.45. The van der Waals surface area contributed by atoms with E-state index in [1.807, 2.05) is 0 Å². The van der Waals surface area contributed by atoms with E-state index >= 15 is 0 Å². The second kappa shape index (κ2) is 7.86. The number of carbonyl (C=O) groups is 2. The molecule has 2 aromatic carbocycles. The van der Waals surface area contributed by atoms with E-state index in [2.05, 4.69) is 5.32 Å². The number of amides is 1. The van der Waals surface area contributed by atoms with Crippen molar-refractivity contribution in [3.8, 4) is 23.0 Å². The molecule has 1 aliphatic rings. The summed E-state index contributed by atoms with van der Waals surface area (Å²) >= 11 is 0. The maximum absolute atomic E-state index is 12.3. The molecule has 0 saturated heterocycles. The highest BCUT2D eigenvalue weighted by Gasteiger charge is 2.22. The number of fused-ring (bicyclic) bond motifs is 1. The molecule has 8 heteroatoms. The van der Waals surface area contributed by atoms with E-state index in [4.69, 9.17) is 18.9 Å². The molecule has 8 nitrogen and oxygen atoms in total. The van der Waals surface area contributed by atoms with Crippen molar-refractivity contribution in [3.63, 3.8) is 0 Å². The van der Waals surface area contributed by atoms with Gasteiger partial charge in [-0.05, 0) is 31.2 Å². The summed E-state index contributed by atoms with van der Waals surface area (Å²) in [5, 5.41) is 12.5. The van der Waals surface area contributed by atoms with E-state index in [0.29, 0.717) is 36.1 Å². The van der Waals surface area contributed by atoms with Crippen LogP contribution in [0.15, 0.2) is 36.4 Å². The standard InChI is InChI=1S/C19H19NO7/c1-11(27-19(23)14-5-4-13(24-2)10-15(14)21)18(22)20-12-3-6-16-17(9-12)26-8-7-25-16/h3-6,9-11,21H,7-8H2,1-2H3,(H,20,22)/t11-/m1/s1. The number of hydrogen-bond acceptors (Lipinski definition) is 7. The van der Waals surface area contributed by atoms with Gasteiger partial charge in [-0.15, -0.1) is 0 Å². The van der Waals surface area contributed by atoms with Gasteiger partial charge in [-0.25, -0.2) is 4.79 Å². The van der Waals surface area contributed by atoms with E-state index in [1.54, 1.807) is 18.2 Å². The Morgan fingerprint density at radius 2 is 1.85 bits per heavy atom. The Labute approximate surface area is 155 Å². The van der Waals surface area contributed by atoms with E-state index < -0.39 is 18.0 Å². The third-order valence-corrected chi connectivity index (χ3v) is 3.89. The van der Waals surface area contributed by atoms with Crippen LogP contribution in [0.2, 0.25) is 0 Å². The molecule has 0 unspecified atom stereocenters. The molecule has 3 rings (SSSR count). The summed E-state index contributed by atoms with van der Waals surface area (Å²) in [6, 6.07) is 9.15. The van der Waals surface area contributed by atoms with Crippen LogP contribution in [0.3, 0.4) is 0 Å². The summed E-state index contributed by atoms with van der Waals surface area (Å²) in [5.41, 5.74) is 0.425. The molecule has 27 heavy (non-hydrogen) atoms. The lowest BCUT2D eigenvalue weighted by Crippen LogP contribution is -2.30. The second-order valence-electron chi connectivity index (χ2n) is 5.78. The van der Waals surface area contributed by atoms with Crippen LogP contribution in [0.5, 0.6) is 23.0 Å². The van der Waals surface area contributed by atoms with Gasteiger partial charge in [-0.1, -0.05) is 0 Å². The van der Waals surface area contributed by atoms with Crippen LogP contribution >= 0.6 is 0 Å². The smallest absolute Gasteiger partial charge is 0.342 e. The minimum atomic E-state index is -1.08. The van der Waals surface area contributed by atoms with Crippen LogP contribution in [0.4, 0.5) is 5.69 Å². The van der Waals surface area contributed by atoms with Gasteiger partial charge in [0.05, 0.1) is 7.11 Å². The Morgan fingerprint density at radius 3 is 2.56 bits per heavy atom. The number of nitrogens with one attached hydrogen (secondary N) is 1. The van der Waals surface area contributed by atoms with Gasteiger partial charge < -0.3 is 29.4 Å². The molecular weight excluding hydrogens is 354 g/mol. The van der Waals surface area contributed by atoms with Gasteiger partial charge in [-0.2, -0.15) is 0 Å². The Morgan fingerprint density at radius 1 is 1.11 bits per heavy atom. The van der Waals surface area contributed by atoms with E-state index in [9.17, 15) is 14.7 Å². The first-order valence-electron chi connectivity index (χ1n) is 8.26. The monoisotopic (exact) mass is 373 g/mol. The van der Waals surface area contributed by atoms with Crippen LogP contribution in [0.25, 0.3) is 0 Å². The molecule has 142 valence electrons. The first kappa shape index (κ1) is 18.4. The molecule has 1 heterocycles. The topological polar surface area (TPSA) is 103 Å². The number of carbonyl (C=O) groups excluding carboxylic acids is 2. The van der Waals surface area contributed by atoms with Gasteiger partial charge in [-0.3, -0.25) is 4.79 Å². The van der Waals surface area contributed by atoms with Crippen LogP contribution < -0.4 is 19.5 Å². The van der Waals surface area contributed by atoms with Crippen molar-refractivity contribution in [2.24, 2.45) is 0 Å². The quantitative estimate of drug-likeness (QED) is 0.776. The van der Waals surface area contributed by atoms with Crippen LogP contribution in [0.1, 0.15) is 17.3 Å². The number of aromatic hydroxyl groups is 1. The third-order valence-electron chi connectivity index (χ3n) is 3.89. The molecule has 0 aromatic heterocycles. The molecule has 0 spiro atoms. The number of hydrogen-bond donors (Lipinski definition) is 2. The predicted molar refractivity (Wildman–Crippen MR) is 95.6 cm³/mol. The summed E-state index contributed by atoms with van der Waals surface area (Å²) in [6.07, 6.45) is -1.08. The lowest BCUT2D eigenvalue weighted by molar-refractivity contribution is -0.123. The molecule has 2 aromatic rings. The summed E-state index contributed by atoms with van der Waals surface area (Å²) in [4.78, 5) is 24.5. The van der Waals surface area contributed by atoms with Gasteiger partial charge in [0.1, 0.15) is 30.3 Å². The molecule has 0 aliphatic carbocycles. The number of benzene rings is 2. The summed E-state index contributed by atoms with van der Waals surface area (Å²) < 4.78 is 21.0. The number of phenolic OH excluding ortho intramolecular Hbond substituents is 1. The zero-order chi connectivity index (χ0) is 19.4. The first-order valence-corrected chi connectivity index (χ1v) is 8.26. The zero-order valence-electron chi connectivity index (χ0n) is 14.9. The van der Waals surface area contributed by atoms with Crippen LogP contribution in [0, 0.1) is 0 Å². The van der Waals surface area contributed by atoms with Crippen molar-refractivity contribution >= 4 is 17.6 Å². The lowest BCUT2D eigenvalue weighted by atomic mass is 10.2. The average molecular weight is 373 g/mol. The first-order chi connectivity index (χ1) is 13.0. The highest BCUT2D eigenvalue weighted by atomic mass is 16.6. The summed E-state index contributed by atoms with van der Waals surface area (Å²) in [7, 11) is 1.44. The van der Waals surface area contributed by atoms with Crippen molar-refractivity contribution in [2.75, 3.05) is 25.6 Å². The van der Waals surface area contributed by atoms with Gasteiger partial charge in [0.25, 0.3) is 5.91 Å². The molecule has 1 aliphatic heterocycles.